The quantitative estimate of drug-likeness (QED) is 0.599. The van der Waals surface area contributed by atoms with E-state index in [0.29, 0.717) is 21.2 Å². The molecule has 23 heavy (non-hydrogen) atoms. The Labute approximate surface area is 144 Å². The first-order chi connectivity index (χ1) is 11.1. The molecule has 0 amide bonds. The van der Waals surface area contributed by atoms with E-state index in [0.717, 1.165) is 0 Å². The van der Waals surface area contributed by atoms with Gasteiger partial charge in [0.25, 0.3) is 5.79 Å². The molecule has 1 aliphatic heterocycles. The smallest absolute Gasteiger partial charge is 0.261 e. The molecule has 118 valence electrons. The highest BCUT2D eigenvalue weighted by atomic mass is 35.5. The number of hydrogen-bond acceptors (Lipinski definition) is 3. The third-order valence-electron chi connectivity index (χ3n) is 3.56. The molecule has 0 radical (unpaired) electrons. The number of Topliss-reactive ketones (excluding diaryl/α,β-unsaturated/α-hetero) is 1. The minimum atomic E-state index is -1.50. The first-order valence-corrected chi connectivity index (χ1v) is 7.87. The van der Waals surface area contributed by atoms with Gasteiger partial charge in [-0.2, -0.15) is 0 Å². The number of ketones is 1. The number of halogens is 2. The molecule has 0 saturated heterocycles. The summed E-state index contributed by atoms with van der Waals surface area (Å²) in [4.78, 5) is 13.1. The molecule has 1 heterocycles. The van der Waals surface area contributed by atoms with Crippen LogP contribution < -0.4 is 0 Å². The van der Waals surface area contributed by atoms with Crippen LogP contribution in [0.4, 0.5) is 0 Å². The van der Waals surface area contributed by atoms with Crippen molar-refractivity contribution in [2.45, 2.75) is 5.79 Å². The maximum absolute atomic E-state index is 13.1. The molecule has 0 atom stereocenters. The summed E-state index contributed by atoms with van der Waals surface area (Å²) in [5.41, 5.74) is 1.07. The van der Waals surface area contributed by atoms with Gasteiger partial charge in [-0.1, -0.05) is 47.5 Å². The summed E-state index contributed by atoms with van der Waals surface area (Å²) in [7, 11) is 0. The van der Waals surface area contributed by atoms with Crippen LogP contribution in [0.3, 0.4) is 0 Å². The lowest BCUT2D eigenvalue weighted by Gasteiger charge is -2.31. The van der Waals surface area contributed by atoms with Gasteiger partial charge in [-0.3, -0.25) is 4.79 Å². The fraction of sp³-hybridized carbons (Fsp3) is 0.167. The summed E-state index contributed by atoms with van der Waals surface area (Å²) in [6.45, 7) is 0.559. The van der Waals surface area contributed by atoms with E-state index in [1.165, 1.54) is 0 Å². The maximum atomic E-state index is 13.1. The number of hydrogen-bond donors (Lipinski definition) is 0. The molecular formula is C18H14Cl2O3. The molecule has 3 nitrogen and oxygen atoms in total. The molecule has 0 aliphatic carbocycles. The first-order valence-electron chi connectivity index (χ1n) is 7.11. The van der Waals surface area contributed by atoms with E-state index in [9.17, 15) is 4.79 Å². The summed E-state index contributed by atoms with van der Waals surface area (Å²) in [6, 6.07) is 13.5. The van der Waals surface area contributed by atoms with Crippen molar-refractivity contribution in [3.05, 3.63) is 81.9 Å². The Hall–Kier alpha value is -1.65. The molecule has 0 fully saturated rings. The predicted molar refractivity (Wildman–Crippen MR) is 90.0 cm³/mol. The largest absolute Gasteiger partial charge is 0.335 e. The van der Waals surface area contributed by atoms with Crippen molar-refractivity contribution in [2.24, 2.45) is 0 Å². The van der Waals surface area contributed by atoms with Crippen molar-refractivity contribution in [3.63, 3.8) is 0 Å². The van der Waals surface area contributed by atoms with E-state index >= 15 is 0 Å². The summed E-state index contributed by atoms with van der Waals surface area (Å²) < 4.78 is 11.7. The minimum Gasteiger partial charge on any atom is -0.335 e. The van der Waals surface area contributed by atoms with Gasteiger partial charge in [0.05, 0.1) is 13.2 Å². The lowest BCUT2D eigenvalue weighted by atomic mass is 9.95. The highest BCUT2D eigenvalue weighted by molar-refractivity contribution is 6.31. The van der Waals surface area contributed by atoms with Crippen molar-refractivity contribution in [1.82, 2.24) is 0 Å². The zero-order chi connectivity index (χ0) is 16.3. The first kappa shape index (κ1) is 16.2. The van der Waals surface area contributed by atoms with Gasteiger partial charge < -0.3 is 9.47 Å². The maximum Gasteiger partial charge on any atom is 0.261 e. The summed E-state index contributed by atoms with van der Waals surface area (Å²) in [6.07, 6.45) is 3.65. The van der Waals surface area contributed by atoms with E-state index in [-0.39, 0.29) is 19.0 Å². The van der Waals surface area contributed by atoms with Crippen molar-refractivity contribution in [2.75, 3.05) is 13.2 Å². The zero-order valence-corrected chi connectivity index (χ0v) is 13.7. The van der Waals surface area contributed by atoms with E-state index < -0.39 is 5.79 Å². The number of carbonyl (C=O) groups is 1. The van der Waals surface area contributed by atoms with Crippen LogP contribution in [0.2, 0.25) is 10.0 Å². The Morgan fingerprint density at radius 1 is 0.826 bits per heavy atom. The second-order valence-electron chi connectivity index (χ2n) is 5.05. The van der Waals surface area contributed by atoms with E-state index in [1.54, 1.807) is 48.5 Å². The van der Waals surface area contributed by atoms with Crippen LogP contribution in [0, 0.1) is 0 Å². The Morgan fingerprint density at radius 3 is 1.83 bits per heavy atom. The van der Waals surface area contributed by atoms with Gasteiger partial charge in [0.2, 0.25) is 5.78 Å². The van der Waals surface area contributed by atoms with Gasteiger partial charge >= 0.3 is 0 Å². The Kier molecular flexibility index (Phi) is 4.83. The van der Waals surface area contributed by atoms with Crippen LogP contribution >= 0.6 is 23.2 Å². The second kappa shape index (κ2) is 6.85. The highest BCUT2D eigenvalue weighted by Gasteiger charge is 2.43. The predicted octanol–water partition coefficient (Wildman–Crippen LogP) is 4.63. The summed E-state index contributed by atoms with van der Waals surface area (Å²) in [5, 5.41) is 1.14. The average molecular weight is 349 g/mol. The van der Waals surface area contributed by atoms with E-state index in [4.69, 9.17) is 32.7 Å². The van der Waals surface area contributed by atoms with E-state index in [2.05, 4.69) is 0 Å². The lowest BCUT2D eigenvalue weighted by Crippen LogP contribution is -2.41. The molecule has 2 aromatic carbocycles. The fourth-order valence-electron chi connectivity index (χ4n) is 2.40. The monoisotopic (exact) mass is 348 g/mol. The Morgan fingerprint density at radius 2 is 1.30 bits per heavy atom. The molecular weight excluding hydrogens is 335 g/mol. The summed E-state index contributed by atoms with van der Waals surface area (Å²) in [5.74, 6) is -1.78. The van der Waals surface area contributed by atoms with Crippen molar-refractivity contribution in [1.29, 1.82) is 0 Å². The molecule has 5 heteroatoms. The number of carbonyl (C=O) groups excluding carboxylic acids is 1. The second-order valence-corrected chi connectivity index (χ2v) is 5.93. The minimum absolute atomic E-state index is 0.278. The van der Waals surface area contributed by atoms with E-state index in [1.807, 2.05) is 12.2 Å². The molecule has 1 aliphatic rings. The third kappa shape index (κ3) is 3.33. The Bertz CT molecular complexity index is 711. The Balaban J connectivity index is 2.06. The van der Waals surface area contributed by atoms with Gasteiger partial charge in [-0.15, -0.1) is 0 Å². The van der Waals surface area contributed by atoms with Crippen LogP contribution in [-0.2, 0) is 15.3 Å². The topological polar surface area (TPSA) is 35.5 Å². The molecule has 2 aromatic rings. The fourth-order valence-corrected chi connectivity index (χ4v) is 2.65. The zero-order valence-electron chi connectivity index (χ0n) is 12.2. The standard InChI is InChI=1S/C18H14Cl2O3/c19-15-7-3-13(4-8-15)17(21)18(22-11-1-2-12-23-18)14-5-9-16(20)10-6-14/h1-10H,11-12H2. The van der Waals surface area contributed by atoms with Crippen molar-refractivity contribution >= 4 is 29.0 Å². The van der Waals surface area contributed by atoms with Crippen molar-refractivity contribution in [3.8, 4) is 0 Å². The third-order valence-corrected chi connectivity index (χ3v) is 4.07. The van der Waals surface area contributed by atoms with Crippen LogP contribution in [0.5, 0.6) is 0 Å². The number of rotatable bonds is 3. The molecule has 0 unspecified atom stereocenters. The van der Waals surface area contributed by atoms with Crippen LogP contribution in [-0.4, -0.2) is 19.0 Å². The summed E-state index contributed by atoms with van der Waals surface area (Å²) >= 11 is 11.8. The molecule has 0 bridgehead atoms. The highest BCUT2D eigenvalue weighted by Crippen LogP contribution is 2.34. The molecule has 3 rings (SSSR count). The SMILES string of the molecule is O=C(c1ccc(Cl)cc1)C1(c2ccc(Cl)cc2)OCC=CCO1. The molecule has 0 spiro atoms. The van der Waals surface area contributed by atoms with Gasteiger partial charge in [-0.25, -0.2) is 0 Å². The lowest BCUT2D eigenvalue weighted by molar-refractivity contribution is -0.193. The van der Waals surface area contributed by atoms with Gasteiger partial charge in [0.1, 0.15) is 0 Å². The van der Waals surface area contributed by atoms with Crippen LogP contribution in [0.25, 0.3) is 0 Å². The van der Waals surface area contributed by atoms with Crippen LogP contribution in [0.1, 0.15) is 15.9 Å². The molecule has 0 aromatic heterocycles. The van der Waals surface area contributed by atoms with Crippen molar-refractivity contribution < 1.29 is 14.3 Å². The molecule has 0 saturated carbocycles. The molecule has 0 N–H and O–H groups in total. The van der Waals surface area contributed by atoms with Gasteiger partial charge in [0.15, 0.2) is 0 Å². The number of ether oxygens (including phenoxy) is 2. The number of benzene rings is 2. The normalized spacial score (nSPS) is 16.8. The van der Waals surface area contributed by atoms with Crippen LogP contribution in [0.15, 0.2) is 60.7 Å². The van der Waals surface area contributed by atoms with Gasteiger partial charge in [0, 0.05) is 21.2 Å². The van der Waals surface area contributed by atoms with Gasteiger partial charge in [-0.05, 0) is 36.4 Å². The average Bonchev–Trinajstić information content (AvgIpc) is 2.82.